The Bertz CT molecular complexity index is 1100. The maximum atomic E-state index is 11.8. The molecule has 3 aromatic rings. The van der Waals surface area contributed by atoms with Crippen LogP contribution in [0, 0.1) is 6.92 Å². The van der Waals surface area contributed by atoms with Gasteiger partial charge in [-0.2, -0.15) is 13.5 Å². The van der Waals surface area contributed by atoms with Crippen molar-refractivity contribution >= 4 is 33.3 Å². The first kappa shape index (κ1) is 19.8. The zero-order chi connectivity index (χ0) is 19.8. The second-order valence-electron chi connectivity index (χ2n) is 5.82. The Morgan fingerprint density at radius 2 is 2.00 bits per heavy atom. The number of aromatic nitrogens is 3. The van der Waals surface area contributed by atoms with Crippen molar-refractivity contribution in [3.63, 3.8) is 0 Å². The quantitative estimate of drug-likeness (QED) is 0.604. The smallest absolute Gasteiger partial charge is 0.285 e. The molecule has 1 aromatic carbocycles. The summed E-state index contributed by atoms with van der Waals surface area (Å²) in [7, 11) is -2.99. The number of hydrogen-bond acceptors (Lipinski definition) is 5. The largest absolute Gasteiger partial charge is 0.298 e. The number of benzene rings is 1. The molecule has 1 atom stereocenters. The van der Waals surface area contributed by atoms with Crippen molar-refractivity contribution in [3.8, 4) is 17.1 Å². The lowest BCUT2D eigenvalue weighted by Crippen LogP contribution is -2.26. The number of nitrogens with one attached hydrogen (secondary N) is 1. The first-order valence-corrected chi connectivity index (χ1v) is 10.1. The van der Waals surface area contributed by atoms with Crippen LogP contribution in [-0.2, 0) is 10.1 Å². The van der Waals surface area contributed by atoms with Crippen LogP contribution < -0.4 is 5.32 Å². The zero-order valence-corrected chi connectivity index (χ0v) is 16.7. The molecule has 0 fully saturated rings. The van der Waals surface area contributed by atoms with Crippen molar-refractivity contribution in [3.05, 3.63) is 63.9 Å². The summed E-state index contributed by atoms with van der Waals surface area (Å²) in [5.41, 5.74) is 2.04. The minimum atomic E-state index is -4.42. The van der Waals surface area contributed by atoms with Gasteiger partial charge >= 0.3 is 0 Å². The minimum Gasteiger partial charge on any atom is -0.298 e. The molecule has 1 unspecified atom stereocenters. The highest BCUT2D eigenvalue weighted by molar-refractivity contribution is 7.86. The normalized spacial score (nSPS) is 12.9. The van der Waals surface area contributed by atoms with E-state index in [4.69, 9.17) is 23.2 Å². The van der Waals surface area contributed by atoms with Crippen LogP contribution in [0.2, 0.25) is 10.0 Å². The van der Waals surface area contributed by atoms with Crippen LogP contribution in [0.3, 0.4) is 0 Å². The van der Waals surface area contributed by atoms with E-state index in [-0.39, 0.29) is 0 Å². The van der Waals surface area contributed by atoms with E-state index in [1.807, 2.05) is 0 Å². The average Bonchev–Trinajstić information content (AvgIpc) is 3.03. The van der Waals surface area contributed by atoms with Crippen molar-refractivity contribution in [1.29, 1.82) is 0 Å². The van der Waals surface area contributed by atoms with Gasteiger partial charge in [-0.05, 0) is 55.4 Å². The maximum absolute atomic E-state index is 11.8. The Kier molecular flexibility index (Phi) is 5.55. The van der Waals surface area contributed by atoms with E-state index in [1.54, 1.807) is 43.6 Å². The second kappa shape index (κ2) is 7.57. The summed E-state index contributed by atoms with van der Waals surface area (Å²) in [5, 5.41) is 6.51. The molecule has 3 rings (SSSR count). The molecule has 2 aromatic heterocycles. The third-order valence-corrected chi connectivity index (χ3v) is 5.57. The number of rotatable bonds is 5. The molecule has 0 spiro atoms. The first-order valence-electron chi connectivity index (χ1n) is 7.83. The third-order valence-electron chi connectivity index (χ3n) is 3.97. The topological polar surface area (TPSA) is 97.1 Å². The maximum Gasteiger partial charge on any atom is 0.285 e. The molecule has 0 saturated carbocycles. The standard InChI is InChI=1S/C17H16Cl2N4O3S/c1-10-8-11(18)9-12(17(20-2)27(24,25)26)15(10)14-5-7-23(22-14)16-13(19)4-3-6-21-16/h3-9,17,20H,1-2H3,(H,24,25,26). The number of pyridine rings is 1. The van der Waals surface area contributed by atoms with E-state index in [0.717, 1.165) is 0 Å². The summed E-state index contributed by atoms with van der Waals surface area (Å²) >= 11 is 12.3. The number of aryl methyl sites for hydroxylation is 1. The van der Waals surface area contributed by atoms with Gasteiger partial charge in [0, 0.05) is 23.0 Å². The van der Waals surface area contributed by atoms with Crippen molar-refractivity contribution in [1.82, 2.24) is 20.1 Å². The number of nitrogens with zero attached hydrogens (tertiary/aromatic N) is 3. The van der Waals surface area contributed by atoms with Gasteiger partial charge in [0.05, 0.1) is 10.7 Å². The molecule has 0 radical (unpaired) electrons. The van der Waals surface area contributed by atoms with Gasteiger partial charge in [-0.3, -0.25) is 9.87 Å². The third kappa shape index (κ3) is 3.99. The van der Waals surface area contributed by atoms with Crippen molar-refractivity contribution in [2.75, 3.05) is 7.05 Å². The highest BCUT2D eigenvalue weighted by atomic mass is 35.5. The van der Waals surface area contributed by atoms with Crippen LogP contribution in [0.1, 0.15) is 16.5 Å². The Morgan fingerprint density at radius 1 is 1.26 bits per heavy atom. The Morgan fingerprint density at radius 3 is 2.63 bits per heavy atom. The van der Waals surface area contributed by atoms with Gasteiger partial charge in [-0.15, -0.1) is 0 Å². The Balaban J connectivity index is 2.20. The average molecular weight is 427 g/mol. The lowest BCUT2D eigenvalue weighted by molar-refractivity contribution is 0.460. The predicted molar refractivity (Wildman–Crippen MR) is 105 cm³/mol. The van der Waals surface area contributed by atoms with E-state index in [0.29, 0.717) is 38.2 Å². The van der Waals surface area contributed by atoms with Gasteiger partial charge in [-0.25, -0.2) is 9.67 Å². The fourth-order valence-electron chi connectivity index (χ4n) is 2.91. The Labute approximate surface area is 166 Å². The monoisotopic (exact) mass is 426 g/mol. The first-order chi connectivity index (χ1) is 12.7. The van der Waals surface area contributed by atoms with Gasteiger partial charge in [0.25, 0.3) is 10.1 Å². The van der Waals surface area contributed by atoms with Gasteiger partial charge < -0.3 is 0 Å². The van der Waals surface area contributed by atoms with Crippen molar-refractivity contribution < 1.29 is 13.0 Å². The molecule has 0 aliphatic heterocycles. The molecule has 2 N–H and O–H groups in total. The molecule has 2 heterocycles. The van der Waals surface area contributed by atoms with Crippen LogP contribution >= 0.6 is 23.2 Å². The number of halogens is 2. The summed E-state index contributed by atoms with van der Waals surface area (Å²) in [5.74, 6) is 0.443. The van der Waals surface area contributed by atoms with Gasteiger partial charge in [-0.1, -0.05) is 23.2 Å². The molecular formula is C17H16Cl2N4O3S. The van der Waals surface area contributed by atoms with E-state index in [2.05, 4.69) is 15.4 Å². The summed E-state index contributed by atoms with van der Waals surface area (Å²) < 4.78 is 34.8. The number of hydrogen-bond donors (Lipinski definition) is 2. The molecule has 10 heteroatoms. The van der Waals surface area contributed by atoms with E-state index >= 15 is 0 Å². The van der Waals surface area contributed by atoms with Crippen LogP contribution in [0.15, 0.2) is 42.7 Å². The van der Waals surface area contributed by atoms with Crippen LogP contribution in [-0.4, -0.2) is 34.8 Å². The lowest BCUT2D eigenvalue weighted by atomic mass is 9.99. The molecule has 0 aliphatic rings. The summed E-state index contributed by atoms with van der Waals surface area (Å²) in [4.78, 5) is 4.20. The molecule has 7 nitrogen and oxygen atoms in total. The van der Waals surface area contributed by atoms with E-state index < -0.39 is 15.5 Å². The Hall–Kier alpha value is -1.97. The molecule has 27 heavy (non-hydrogen) atoms. The molecule has 142 valence electrons. The molecule has 0 bridgehead atoms. The highest BCUT2D eigenvalue weighted by Gasteiger charge is 2.28. The van der Waals surface area contributed by atoms with Crippen molar-refractivity contribution in [2.24, 2.45) is 0 Å². The SMILES string of the molecule is CNC(c1cc(Cl)cc(C)c1-c1ccn(-c2ncccc2Cl)n1)S(=O)(=O)O. The molecular weight excluding hydrogens is 411 g/mol. The van der Waals surface area contributed by atoms with Crippen LogP contribution in [0.4, 0.5) is 0 Å². The van der Waals surface area contributed by atoms with Crippen molar-refractivity contribution in [2.45, 2.75) is 12.3 Å². The lowest BCUT2D eigenvalue weighted by Gasteiger charge is -2.19. The zero-order valence-electron chi connectivity index (χ0n) is 14.4. The fourth-order valence-corrected chi connectivity index (χ4v) is 4.21. The molecule has 0 amide bonds. The van der Waals surface area contributed by atoms with Gasteiger partial charge in [0.15, 0.2) is 11.2 Å². The van der Waals surface area contributed by atoms with Crippen LogP contribution in [0.25, 0.3) is 17.1 Å². The minimum absolute atomic E-state index is 0.294. The van der Waals surface area contributed by atoms with E-state index in [9.17, 15) is 13.0 Å². The van der Waals surface area contributed by atoms with Gasteiger partial charge in [0.2, 0.25) is 0 Å². The summed E-state index contributed by atoms with van der Waals surface area (Å²) in [6, 6.07) is 8.30. The highest BCUT2D eigenvalue weighted by Crippen LogP contribution is 2.35. The predicted octanol–water partition coefficient (Wildman–Crippen LogP) is 3.66. The fraction of sp³-hybridized carbons (Fsp3) is 0.176. The molecule has 0 aliphatic carbocycles. The molecule has 0 saturated heterocycles. The van der Waals surface area contributed by atoms with E-state index in [1.165, 1.54) is 17.8 Å². The van der Waals surface area contributed by atoms with Gasteiger partial charge in [0.1, 0.15) is 0 Å². The summed E-state index contributed by atoms with van der Waals surface area (Å²) in [6.07, 6.45) is 3.26. The summed E-state index contributed by atoms with van der Waals surface area (Å²) in [6.45, 7) is 1.79. The second-order valence-corrected chi connectivity index (χ2v) is 8.17. The van der Waals surface area contributed by atoms with Crippen LogP contribution in [0.5, 0.6) is 0 Å².